The minimum absolute atomic E-state index is 0.00239. The molecule has 0 saturated carbocycles. The maximum Gasteiger partial charge on any atom is 0.345 e. The summed E-state index contributed by atoms with van der Waals surface area (Å²) in [6, 6.07) is 1.18. The molecule has 1 saturated heterocycles. The van der Waals surface area contributed by atoms with Crippen LogP contribution in [-0.2, 0) is 10.0 Å². The van der Waals surface area contributed by atoms with E-state index in [2.05, 4.69) is 0 Å². The average Bonchev–Trinajstić information content (AvgIpc) is 2.78. The Bertz CT molecular complexity index is 580. The second kappa shape index (κ2) is 4.86. The molecule has 1 aliphatic heterocycles. The third-order valence-electron chi connectivity index (χ3n) is 3.22. The number of nitrogens with zero attached hydrogens (tertiary/aromatic N) is 1. The average molecular weight is 305 g/mol. The van der Waals surface area contributed by atoms with E-state index in [1.165, 1.54) is 15.8 Å². The lowest BCUT2D eigenvalue weighted by Gasteiger charge is -2.34. The molecular formula is C11H15NO5S2. The van der Waals surface area contributed by atoms with Crippen molar-refractivity contribution in [1.29, 1.82) is 0 Å². The molecule has 0 spiro atoms. The molecule has 0 unspecified atom stereocenters. The van der Waals surface area contributed by atoms with Crippen molar-refractivity contribution in [3.8, 4) is 0 Å². The first-order valence-electron chi connectivity index (χ1n) is 5.77. The fraction of sp³-hybridized carbons (Fsp3) is 0.545. The summed E-state index contributed by atoms with van der Waals surface area (Å²) in [5.41, 5.74) is -0.826. The van der Waals surface area contributed by atoms with Gasteiger partial charge in [-0.3, -0.25) is 0 Å². The number of sulfonamides is 1. The number of hydrogen-bond donors (Lipinski definition) is 2. The van der Waals surface area contributed by atoms with Crippen LogP contribution in [-0.4, -0.2) is 47.6 Å². The first-order chi connectivity index (χ1) is 8.72. The molecule has 0 atom stereocenters. The molecule has 2 heterocycles. The van der Waals surface area contributed by atoms with E-state index in [-0.39, 0.29) is 22.9 Å². The van der Waals surface area contributed by atoms with Crippen LogP contribution in [0.15, 0.2) is 16.3 Å². The summed E-state index contributed by atoms with van der Waals surface area (Å²) < 4.78 is 25.9. The van der Waals surface area contributed by atoms with E-state index in [1.54, 1.807) is 6.92 Å². The van der Waals surface area contributed by atoms with Crippen LogP contribution in [0.4, 0.5) is 0 Å². The van der Waals surface area contributed by atoms with E-state index in [1.807, 2.05) is 0 Å². The summed E-state index contributed by atoms with van der Waals surface area (Å²) >= 11 is 0.894. The van der Waals surface area contributed by atoms with Gasteiger partial charge in [-0.15, -0.1) is 11.3 Å². The summed E-state index contributed by atoms with van der Waals surface area (Å²) in [4.78, 5) is 10.8. The van der Waals surface area contributed by atoms with Crippen LogP contribution in [0.2, 0.25) is 0 Å². The van der Waals surface area contributed by atoms with Gasteiger partial charge in [-0.1, -0.05) is 0 Å². The third-order valence-corrected chi connectivity index (χ3v) is 6.17. The number of carboxylic acid groups (broad SMARTS) is 1. The van der Waals surface area contributed by atoms with E-state index in [0.29, 0.717) is 12.8 Å². The molecule has 0 aliphatic carbocycles. The zero-order valence-electron chi connectivity index (χ0n) is 10.4. The van der Waals surface area contributed by atoms with Gasteiger partial charge in [0.2, 0.25) is 10.0 Å². The molecule has 1 aliphatic rings. The summed E-state index contributed by atoms with van der Waals surface area (Å²) in [5, 5.41) is 20.0. The number of aliphatic hydroxyl groups is 1. The Morgan fingerprint density at radius 1 is 1.42 bits per heavy atom. The second-order valence-electron chi connectivity index (χ2n) is 4.85. The van der Waals surface area contributed by atoms with Crippen molar-refractivity contribution in [2.75, 3.05) is 13.1 Å². The standard InChI is InChI=1S/C11H15NO5S2/c1-11(15)2-4-12(5-3-11)19(16,17)8-6-9(10(13)14)18-7-8/h6-7,15H,2-5H2,1H3,(H,13,14). The fourth-order valence-electron chi connectivity index (χ4n) is 1.92. The van der Waals surface area contributed by atoms with Gasteiger partial charge in [0.1, 0.15) is 4.88 Å². The lowest BCUT2D eigenvalue weighted by molar-refractivity contribution is 0.0126. The maximum absolute atomic E-state index is 12.3. The van der Waals surface area contributed by atoms with Gasteiger partial charge in [0.25, 0.3) is 0 Å². The molecule has 0 radical (unpaired) electrons. The monoisotopic (exact) mass is 305 g/mol. The molecule has 8 heteroatoms. The summed E-state index contributed by atoms with van der Waals surface area (Å²) in [5.74, 6) is -1.13. The van der Waals surface area contributed by atoms with Crippen molar-refractivity contribution in [3.05, 3.63) is 16.3 Å². The Labute approximate surface area is 115 Å². The van der Waals surface area contributed by atoms with Crippen molar-refractivity contribution in [2.24, 2.45) is 0 Å². The minimum atomic E-state index is -3.66. The van der Waals surface area contributed by atoms with Crippen molar-refractivity contribution >= 4 is 27.3 Å². The number of piperidine rings is 1. The van der Waals surface area contributed by atoms with E-state index in [0.717, 1.165) is 11.3 Å². The molecular weight excluding hydrogens is 290 g/mol. The highest BCUT2D eigenvalue weighted by molar-refractivity contribution is 7.89. The molecule has 2 rings (SSSR count). The van der Waals surface area contributed by atoms with E-state index < -0.39 is 21.6 Å². The zero-order chi connectivity index (χ0) is 14.3. The van der Waals surface area contributed by atoms with Crippen molar-refractivity contribution in [3.63, 3.8) is 0 Å². The van der Waals surface area contributed by atoms with Crippen LogP contribution in [0, 0.1) is 0 Å². The molecule has 0 amide bonds. The molecule has 0 aromatic carbocycles. The minimum Gasteiger partial charge on any atom is -0.477 e. The number of rotatable bonds is 3. The summed E-state index contributed by atoms with van der Waals surface area (Å²) in [6.45, 7) is 2.17. The number of carboxylic acids is 1. The molecule has 106 valence electrons. The number of hydrogen-bond acceptors (Lipinski definition) is 5. The van der Waals surface area contributed by atoms with E-state index in [4.69, 9.17) is 5.11 Å². The second-order valence-corrected chi connectivity index (χ2v) is 7.70. The summed E-state index contributed by atoms with van der Waals surface area (Å²) in [6.07, 6.45) is 0.754. The smallest absolute Gasteiger partial charge is 0.345 e. The quantitative estimate of drug-likeness (QED) is 0.868. The van der Waals surface area contributed by atoms with Gasteiger partial charge in [0.15, 0.2) is 0 Å². The molecule has 6 nitrogen and oxygen atoms in total. The first-order valence-corrected chi connectivity index (χ1v) is 8.09. The van der Waals surface area contributed by atoms with Crippen LogP contribution < -0.4 is 0 Å². The van der Waals surface area contributed by atoms with Crippen LogP contribution in [0.1, 0.15) is 29.4 Å². The molecule has 1 aromatic heterocycles. The molecule has 1 fully saturated rings. The molecule has 19 heavy (non-hydrogen) atoms. The predicted octanol–water partition coefficient (Wildman–Crippen LogP) is 0.982. The van der Waals surface area contributed by atoms with Gasteiger partial charge >= 0.3 is 5.97 Å². The van der Waals surface area contributed by atoms with Crippen LogP contribution >= 0.6 is 11.3 Å². The first kappa shape index (κ1) is 14.4. The third kappa shape index (κ3) is 2.97. The van der Waals surface area contributed by atoms with Crippen LogP contribution in [0.25, 0.3) is 0 Å². The highest BCUT2D eigenvalue weighted by atomic mass is 32.2. The van der Waals surface area contributed by atoms with E-state index >= 15 is 0 Å². The molecule has 1 aromatic rings. The van der Waals surface area contributed by atoms with Crippen LogP contribution in [0.5, 0.6) is 0 Å². The number of thiophene rings is 1. The lowest BCUT2D eigenvalue weighted by Crippen LogP contribution is -2.44. The predicted molar refractivity (Wildman–Crippen MR) is 69.9 cm³/mol. The Morgan fingerprint density at radius 2 is 2.00 bits per heavy atom. The van der Waals surface area contributed by atoms with Crippen molar-refractivity contribution in [2.45, 2.75) is 30.3 Å². The van der Waals surface area contributed by atoms with Gasteiger partial charge in [-0.05, 0) is 25.8 Å². The van der Waals surface area contributed by atoms with Crippen LogP contribution in [0.3, 0.4) is 0 Å². The molecule has 2 N–H and O–H groups in total. The van der Waals surface area contributed by atoms with Gasteiger partial charge < -0.3 is 10.2 Å². The Kier molecular flexibility index (Phi) is 3.69. The van der Waals surface area contributed by atoms with Gasteiger partial charge in [-0.2, -0.15) is 4.31 Å². The Morgan fingerprint density at radius 3 is 2.47 bits per heavy atom. The number of aromatic carboxylic acids is 1. The Hall–Kier alpha value is -0.960. The zero-order valence-corrected chi connectivity index (χ0v) is 12.0. The van der Waals surface area contributed by atoms with Gasteiger partial charge in [-0.25, -0.2) is 13.2 Å². The van der Waals surface area contributed by atoms with E-state index in [9.17, 15) is 18.3 Å². The molecule has 0 bridgehead atoms. The number of carbonyl (C=O) groups is 1. The topological polar surface area (TPSA) is 94.9 Å². The maximum atomic E-state index is 12.3. The fourth-order valence-corrected chi connectivity index (χ4v) is 4.46. The largest absolute Gasteiger partial charge is 0.477 e. The highest BCUT2D eigenvalue weighted by Gasteiger charge is 2.34. The normalized spacial score (nSPS) is 20.3. The van der Waals surface area contributed by atoms with Crippen molar-refractivity contribution < 1.29 is 23.4 Å². The lowest BCUT2D eigenvalue weighted by atomic mass is 9.95. The summed E-state index contributed by atoms with van der Waals surface area (Å²) in [7, 11) is -3.66. The Balaban J connectivity index is 2.20. The van der Waals surface area contributed by atoms with Crippen molar-refractivity contribution in [1.82, 2.24) is 4.31 Å². The SMILES string of the molecule is CC1(O)CCN(S(=O)(=O)c2csc(C(=O)O)c2)CC1. The van der Waals surface area contributed by atoms with Gasteiger partial charge in [0.05, 0.1) is 10.5 Å². The van der Waals surface area contributed by atoms with Gasteiger partial charge in [0, 0.05) is 18.5 Å². The highest BCUT2D eigenvalue weighted by Crippen LogP contribution is 2.28.